The number of phenols is 1. The summed E-state index contributed by atoms with van der Waals surface area (Å²) < 4.78 is 0. The second-order valence-electron chi connectivity index (χ2n) is 4.84. The standard InChI is InChI=1S/C14H18ClNO2S/c1-19-11-5-3-10(4-6-11)16-14(18)12-8-9(15)2-7-13(12)17/h2,7-8,10-11,17H,3-6H2,1H3,(H,16,18). The van der Waals surface area contributed by atoms with Crippen LogP contribution in [0.5, 0.6) is 5.75 Å². The van der Waals surface area contributed by atoms with E-state index in [1.165, 1.54) is 12.1 Å². The van der Waals surface area contributed by atoms with E-state index >= 15 is 0 Å². The first-order chi connectivity index (χ1) is 9.10. The van der Waals surface area contributed by atoms with Crippen molar-refractivity contribution in [3.8, 4) is 5.75 Å². The minimum Gasteiger partial charge on any atom is -0.507 e. The molecule has 1 aliphatic carbocycles. The van der Waals surface area contributed by atoms with Crippen LogP contribution in [-0.2, 0) is 0 Å². The van der Waals surface area contributed by atoms with Crippen LogP contribution in [0.3, 0.4) is 0 Å². The Morgan fingerprint density at radius 3 is 2.68 bits per heavy atom. The van der Waals surface area contributed by atoms with Crippen molar-refractivity contribution >= 4 is 29.3 Å². The Morgan fingerprint density at radius 1 is 1.37 bits per heavy atom. The number of nitrogens with one attached hydrogen (secondary N) is 1. The number of amides is 1. The molecule has 19 heavy (non-hydrogen) atoms. The highest BCUT2D eigenvalue weighted by Crippen LogP contribution is 2.27. The number of hydrogen-bond donors (Lipinski definition) is 2. The van der Waals surface area contributed by atoms with Crippen molar-refractivity contribution in [2.45, 2.75) is 37.0 Å². The average molecular weight is 300 g/mol. The molecule has 3 nitrogen and oxygen atoms in total. The van der Waals surface area contributed by atoms with Gasteiger partial charge in [-0.15, -0.1) is 0 Å². The molecule has 0 aromatic heterocycles. The van der Waals surface area contributed by atoms with Crippen LogP contribution in [0, 0.1) is 0 Å². The third kappa shape index (κ3) is 3.80. The van der Waals surface area contributed by atoms with Crippen molar-refractivity contribution in [3.63, 3.8) is 0 Å². The molecule has 5 heteroatoms. The highest BCUT2D eigenvalue weighted by Gasteiger charge is 2.23. The summed E-state index contributed by atoms with van der Waals surface area (Å²) in [4.78, 5) is 12.1. The van der Waals surface area contributed by atoms with Crippen molar-refractivity contribution < 1.29 is 9.90 Å². The van der Waals surface area contributed by atoms with Gasteiger partial charge in [-0.3, -0.25) is 4.79 Å². The van der Waals surface area contributed by atoms with Gasteiger partial charge in [-0.05, 0) is 50.1 Å². The number of hydrogen-bond acceptors (Lipinski definition) is 3. The lowest BCUT2D eigenvalue weighted by Gasteiger charge is -2.28. The molecule has 1 aliphatic rings. The van der Waals surface area contributed by atoms with E-state index in [0.29, 0.717) is 10.3 Å². The second kappa shape index (κ2) is 6.53. The molecule has 1 amide bonds. The summed E-state index contributed by atoms with van der Waals surface area (Å²) in [7, 11) is 0. The number of carbonyl (C=O) groups is 1. The number of phenolic OH excluding ortho intramolecular Hbond substituents is 1. The van der Waals surface area contributed by atoms with E-state index in [2.05, 4.69) is 11.6 Å². The third-order valence-electron chi connectivity index (χ3n) is 3.55. The van der Waals surface area contributed by atoms with Gasteiger partial charge in [0.15, 0.2) is 0 Å². The van der Waals surface area contributed by atoms with Crippen molar-refractivity contribution in [1.29, 1.82) is 0 Å². The number of rotatable bonds is 3. The van der Waals surface area contributed by atoms with Gasteiger partial charge >= 0.3 is 0 Å². The molecule has 0 spiro atoms. The fraction of sp³-hybridized carbons (Fsp3) is 0.500. The zero-order valence-electron chi connectivity index (χ0n) is 10.9. The van der Waals surface area contributed by atoms with Gasteiger partial charge in [-0.2, -0.15) is 11.8 Å². The van der Waals surface area contributed by atoms with Crippen LogP contribution >= 0.6 is 23.4 Å². The SMILES string of the molecule is CSC1CCC(NC(=O)c2cc(Cl)ccc2O)CC1. The molecule has 1 fully saturated rings. The summed E-state index contributed by atoms with van der Waals surface area (Å²) in [5.74, 6) is -0.271. The number of thioether (sulfide) groups is 1. The maximum Gasteiger partial charge on any atom is 0.255 e. The predicted octanol–water partition coefficient (Wildman–Crippen LogP) is 3.45. The van der Waals surface area contributed by atoms with Gasteiger partial charge in [0, 0.05) is 16.3 Å². The maximum atomic E-state index is 12.1. The zero-order chi connectivity index (χ0) is 13.8. The highest BCUT2D eigenvalue weighted by molar-refractivity contribution is 7.99. The van der Waals surface area contributed by atoms with Crippen molar-refractivity contribution in [1.82, 2.24) is 5.32 Å². The van der Waals surface area contributed by atoms with E-state index in [4.69, 9.17) is 11.6 Å². The Morgan fingerprint density at radius 2 is 2.05 bits per heavy atom. The summed E-state index contributed by atoms with van der Waals surface area (Å²) in [5, 5.41) is 13.8. The monoisotopic (exact) mass is 299 g/mol. The minimum absolute atomic E-state index is 0.0281. The lowest BCUT2D eigenvalue weighted by Crippen LogP contribution is -2.38. The molecule has 1 saturated carbocycles. The Labute approximate surface area is 122 Å². The highest BCUT2D eigenvalue weighted by atomic mass is 35.5. The molecule has 0 aliphatic heterocycles. The number of carbonyl (C=O) groups excluding carboxylic acids is 1. The fourth-order valence-corrected chi connectivity index (χ4v) is 3.31. The van der Waals surface area contributed by atoms with Crippen LogP contribution in [-0.4, -0.2) is 28.6 Å². The van der Waals surface area contributed by atoms with Crippen molar-refractivity contribution in [3.05, 3.63) is 28.8 Å². The average Bonchev–Trinajstić information content (AvgIpc) is 2.42. The van der Waals surface area contributed by atoms with Crippen LogP contribution in [0.1, 0.15) is 36.0 Å². The van der Waals surface area contributed by atoms with Crippen molar-refractivity contribution in [2.75, 3.05) is 6.26 Å². The molecular formula is C14H18ClNO2S. The Balaban J connectivity index is 1.96. The molecule has 104 valence electrons. The molecule has 0 radical (unpaired) electrons. The van der Waals surface area contributed by atoms with Gasteiger partial charge in [0.25, 0.3) is 5.91 Å². The van der Waals surface area contributed by atoms with Gasteiger partial charge in [0.05, 0.1) is 5.56 Å². The lowest BCUT2D eigenvalue weighted by atomic mass is 9.94. The Bertz CT molecular complexity index is 459. The second-order valence-corrected chi connectivity index (χ2v) is 6.42. The topological polar surface area (TPSA) is 49.3 Å². The van der Waals surface area contributed by atoms with Gasteiger partial charge < -0.3 is 10.4 Å². The lowest BCUT2D eigenvalue weighted by molar-refractivity contribution is 0.0925. The molecule has 0 unspecified atom stereocenters. The van der Waals surface area contributed by atoms with E-state index in [1.54, 1.807) is 6.07 Å². The number of halogens is 1. The summed E-state index contributed by atoms with van der Waals surface area (Å²) in [6.45, 7) is 0. The number of aromatic hydroxyl groups is 1. The van der Waals surface area contributed by atoms with Crippen LogP contribution in [0.2, 0.25) is 5.02 Å². The van der Waals surface area contributed by atoms with Crippen molar-refractivity contribution in [2.24, 2.45) is 0 Å². The first-order valence-electron chi connectivity index (χ1n) is 6.42. The number of benzene rings is 1. The van der Waals surface area contributed by atoms with E-state index in [-0.39, 0.29) is 23.3 Å². The quantitative estimate of drug-likeness (QED) is 0.899. The van der Waals surface area contributed by atoms with E-state index in [9.17, 15) is 9.90 Å². The predicted molar refractivity (Wildman–Crippen MR) is 80.1 cm³/mol. The summed E-state index contributed by atoms with van der Waals surface area (Å²) in [6.07, 6.45) is 6.39. The van der Waals surface area contributed by atoms with Crippen LogP contribution < -0.4 is 5.32 Å². The largest absolute Gasteiger partial charge is 0.507 e. The molecular weight excluding hydrogens is 282 g/mol. The minimum atomic E-state index is -0.243. The summed E-state index contributed by atoms with van der Waals surface area (Å²) in [5.41, 5.74) is 0.250. The first-order valence-corrected chi connectivity index (χ1v) is 8.09. The molecule has 0 bridgehead atoms. The molecule has 1 aromatic carbocycles. The van der Waals surface area contributed by atoms with E-state index in [0.717, 1.165) is 25.7 Å². The normalized spacial score (nSPS) is 23.1. The molecule has 2 rings (SSSR count). The molecule has 0 saturated heterocycles. The smallest absolute Gasteiger partial charge is 0.255 e. The van der Waals surface area contributed by atoms with Gasteiger partial charge in [-0.1, -0.05) is 11.6 Å². The van der Waals surface area contributed by atoms with Gasteiger partial charge in [0.1, 0.15) is 5.75 Å². The van der Waals surface area contributed by atoms with Gasteiger partial charge in [-0.25, -0.2) is 0 Å². The maximum absolute atomic E-state index is 12.1. The van der Waals surface area contributed by atoms with Gasteiger partial charge in [0.2, 0.25) is 0 Å². The molecule has 0 heterocycles. The summed E-state index contributed by atoms with van der Waals surface area (Å²) in [6, 6.07) is 4.72. The molecule has 2 N–H and O–H groups in total. The molecule has 0 atom stereocenters. The fourth-order valence-electron chi connectivity index (χ4n) is 2.40. The molecule has 1 aromatic rings. The third-order valence-corrected chi connectivity index (χ3v) is 4.92. The van der Waals surface area contributed by atoms with Crippen LogP contribution in [0.4, 0.5) is 0 Å². The van der Waals surface area contributed by atoms with E-state index in [1.807, 2.05) is 11.8 Å². The van der Waals surface area contributed by atoms with Crippen LogP contribution in [0.25, 0.3) is 0 Å². The first kappa shape index (κ1) is 14.5. The summed E-state index contributed by atoms with van der Waals surface area (Å²) >= 11 is 7.74. The Kier molecular flexibility index (Phi) is 4.99. The van der Waals surface area contributed by atoms with Crippen LogP contribution in [0.15, 0.2) is 18.2 Å². The Hall–Kier alpha value is -0.870. The van der Waals surface area contributed by atoms with E-state index < -0.39 is 0 Å². The zero-order valence-corrected chi connectivity index (χ0v) is 12.4.